The van der Waals surface area contributed by atoms with Gasteiger partial charge in [-0.15, -0.1) is 0 Å². The first-order chi connectivity index (χ1) is 9.16. The molecule has 1 unspecified atom stereocenters. The molecule has 7 heteroatoms. The van der Waals surface area contributed by atoms with E-state index in [4.69, 9.17) is 9.84 Å². The zero-order chi connectivity index (χ0) is 15.1. The fourth-order valence-corrected chi connectivity index (χ4v) is 4.21. The molecule has 1 aliphatic heterocycles. The summed E-state index contributed by atoms with van der Waals surface area (Å²) in [6.07, 6.45) is -0.547. The van der Waals surface area contributed by atoms with Gasteiger partial charge in [-0.1, -0.05) is 0 Å². The standard InChI is InChI=1S/C13H17NO5S/c1-9-14(13(2,3)8-19-9)20(17,18)11-6-4-10(5-7-11)12(15)16/h4-7,9H,8H2,1-3H3,(H,15,16). The molecule has 1 aromatic carbocycles. The SMILES string of the molecule is CC1OCC(C)(C)N1S(=O)(=O)c1ccc(C(=O)O)cc1. The minimum atomic E-state index is -3.72. The van der Waals surface area contributed by atoms with Crippen LogP contribution in [-0.4, -0.2) is 42.2 Å². The van der Waals surface area contributed by atoms with E-state index in [-0.39, 0.29) is 10.5 Å². The molecule has 0 aromatic heterocycles. The van der Waals surface area contributed by atoms with Gasteiger partial charge >= 0.3 is 5.97 Å². The quantitative estimate of drug-likeness (QED) is 0.915. The van der Waals surface area contributed by atoms with E-state index in [1.165, 1.54) is 28.6 Å². The molecular formula is C13H17NO5S. The summed E-state index contributed by atoms with van der Waals surface area (Å²) in [6.45, 7) is 5.58. The lowest BCUT2D eigenvalue weighted by Crippen LogP contribution is -2.47. The lowest BCUT2D eigenvalue weighted by molar-refractivity contribution is 0.0696. The summed E-state index contributed by atoms with van der Waals surface area (Å²) >= 11 is 0. The normalized spacial score (nSPS) is 22.9. The maximum Gasteiger partial charge on any atom is 0.335 e. The summed E-state index contributed by atoms with van der Waals surface area (Å²) in [4.78, 5) is 10.9. The van der Waals surface area contributed by atoms with Crippen LogP contribution in [0.2, 0.25) is 0 Å². The minimum absolute atomic E-state index is 0.0499. The van der Waals surface area contributed by atoms with Crippen LogP contribution >= 0.6 is 0 Å². The Bertz CT molecular complexity index is 621. The second kappa shape index (κ2) is 4.83. The van der Waals surface area contributed by atoms with Gasteiger partial charge in [-0.05, 0) is 45.0 Å². The van der Waals surface area contributed by atoms with Crippen LogP contribution in [-0.2, 0) is 14.8 Å². The summed E-state index contributed by atoms with van der Waals surface area (Å²) in [5, 5.41) is 8.84. The van der Waals surface area contributed by atoms with E-state index in [2.05, 4.69) is 0 Å². The van der Waals surface area contributed by atoms with Crippen LogP contribution in [0, 0.1) is 0 Å². The Kier molecular flexibility index (Phi) is 3.62. The minimum Gasteiger partial charge on any atom is -0.478 e. The average molecular weight is 299 g/mol. The largest absolute Gasteiger partial charge is 0.478 e. The number of carbonyl (C=O) groups is 1. The highest BCUT2D eigenvalue weighted by Gasteiger charge is 2.46. The number of hydrogen-bond donors (Lipinski definition) is 1. The summed E-state index contributed by atoms with van der Waals surface area (Å²) in [5.41, 5.74) is -0.585. The number of nitrogens with zero attached hydrogens (tertiary/aromatic N) is 1. The summed E-state index contributed by atoms with van der Waals surface area (Å²) in [5.74, 6) is -1.09. The summed E-state index contributed by atoms with van der Waals surface area (Å²) < 4.78 is 32.0. The van der Waals surface area contributed by atoms with Crippen molar-refractivity contribution >= 4 is 16.0 Å². The van der Waals surface area contributed by atoms with Crippen molar-refractivity contribution < 1.29 is 23.1 Å². The topological polar surface area (TPSA) is 83.9 Å². The van der Waals surface area contributed by atoms with Crippen LogP contribution in [0.15, 0.2) is 29.2 Å². The van der Waals surface area contributed by atoms with E-state index < -0.39 is 27.8 Å². The van der Waals surface area contributed by atoms with Gasteiger partial charge in [0.1, 0.15) is 6.23 Å². The van der Waals surface area contributed by atoms with Crippen molar-refractivity contribution in [2.75, 3.05) is 6.61 Å². The Labute approximate surface area is 118 Å². The maximum absolute atomic E-state index is 12.6. The Morgan fingerprint density at radius 3 is 2.30 bits per heavy atom. The van der Waals surface area contributed by atoms with Crippen LogP contribution < -0.4 is 0 Å². The van der Waals surface area contributed by atoms with Gasteiger partial charge in [-0.2, -0.15) is 4.31 Å². The number of aromatic carboxylic acids is 1. The van der Waals surface area contributed by atoms with Gasteiger partial charge in [-0.25, -0.2) is 13.2 Å². The van der Waals surface area contributed by atoms with Crippen LogP contribution in [0.5, 0.6) is 0 Å². The van der Waals surface area contributed by atoms with E-state index in [1.54, 1.807) is 20.8 Å². The molecule has 6 nitrogen and oxygen atoms in total. The zero-order valence-corrected chi connectivity index (χ0v) is 12.3. The highest BCUT2D eigenvalue weighted by molar-refractivity contribution is 7.89. The fourth-order valence-electron chi connectivity index (χ4n) is 2.35. The van der Waals surface area contributed by atoms with E-state index in [0.717, 1.165) is 0 Å². The van der Waals surface area contributed by atoms with E-state index in [0.29, 0.717) is 6.61 Å². The smallest absolute Gasteiger partial charge is 0.335 e. The van der Waals surface area contributed by atoms with Crippen molar-refractivity contribution in [1.29, 1.82) is 0 Å². The molecule has 110 valence electrons. The predicted octanol–water partition coefficient (Wildman–Crippen LogP) is 1.53. The Morgan fingerprint density at radius 1 is 1.35 bits per heavy atom. The molecule has 1 aliphatic rings. The van der Waals surface area contributed by atoms with Gasteiger partial charge in [0.15, 0.2) is 0 Å². The summed E-state index contributed by atoms with van der Waals surface area (Å²) in [7, 11) is -3.72. The summed E-state index contributed by atoms with van der Waals surface area (Å²) in [6, 6.07) is 5.17. The number of rotatable bonds is 3. The molecule has 1 fully saturated rings. The molecule has 1 aromatic rings. The predicted molar refractivity (Wildman–Crippen MR) is 71.9 cm³/mol. The number of carboxylic acids is 1. The number of sulfonamides is 1. The van der Waals surface area contributed by atoms with Gasteiger partial charge in [0.25, 0.3) is 0 Å². The molecule has 1 N–H and O–H groups in total. The second-order valence-corrected chi connectivity index (χ2v) is 7.17. The number of carboxylic acid groups (broad SMARTS) is 1. The first kappa shape index (κ1) is 15.0. The third kappa shape index (κ3) is 2.44. The highest BCUT2D eigenvalue weighted by atomic mass is 32.2. The van der Waals surface area contributed by atoms with Crippen molar-refractivity contribution in [3.05, 3.63) is 29.8 Å². The Morgan fingerprint density at radius 2 is 1.90 bits per heavy atom. The van der Waals surface area contributed by atoms with Crippen LogP contribution in [0.3, 0.4) is 0 Å². The number of ether oxygens (including phenoxy) is 1. The molecule has 1 saturated heterocycles. The first-order valence-electron chi connectivity index (χ1n) is 6.16. The van der Waals surface area contributed by atoms with Crippen molar-refractivity contribution in [3.8, 4) is 0 Å². The van der Waals surface area contributed by atoms with E-state index >= 15 is 0 Å². The van der Waals surface area contributed by atoms with Crippen LogP contribution in [0.1, 0.15) is 31.1 Å². The van der Waals surface area contributed by atoms with E-state index in [9.17, 15) is 13.2 Å². The van der Waals surface area contributed by atoms with Crippen molar-refractivity contribution in [1.82, 2.24) is 4.31 Å². The van der Waals surface area contributed by atoms with E-state index in [1.807, 2.05) is 0 Å². The van der Waals surface area contributed by atoms with Crippen LogP contribution in [0.4, 0.5) is 0 Å². The second-order valence-electron chi connectivity index (χ2n) is 5.35. The molecule has 0 saturated carbocycles. The van der Waals surface area contributed by atoms with Crippen molar-refractivity contribution in [2.24, 2.45) is 0 Å². The molecule has 1 atom stereocenters. The zero-order valence-electron chi connectivity index (χ0n) is 11.5. The van der Waals surface area contributed by atoms with Gasteiger partial charge < -0.3 is 9.84 Å². The monoisotopic (exact) mass is 299 g/mol. The van der Waals surface area contributed by atoms with Gasteiger partial charge in [0.05, 0.1) is 22.6 Å². The lowest BCUT2D eigenvalue weighted by atomic mass is 10.1. The van der Waals surface area contributed by atoms with Crippen molar-refractivity contribution in [2.45, 2.75) is 37.4 Å². The van der Waals surface area contributed by atoms with Gasteiger partial charge in [0.2, 0.25) is 10.0 Å². The molecule has 0 amide bonds. The maximum atomic E-state index is 12.6. The van der Waals surface area contributed by atoms with Gasteiger partial charge in [-0.3, -0.25) is 0 Å². The third-order valence-corrected chi connectivity index (χ3v) is 5.44. The molecule has 20 heavy (non-hydrogen) atoms. The number of benzene rings is 1. The Balaban J connectivity index is 2.42. The molecule has 0 radical (unpaired) electrons. The van der Waals surface area contributed by atoms with Crippen molar-refractivity contribution in [3.63, 3.8) is 0 Å². The number of hydrogen-bond acceptors (Lipinski definition) is 4. The molecule has 0 bridgehead atoms. The molecule has 2 rings (SSSR count). The molecule has 0 spiro atoms. The van der Waals surface area contributed by atoms with Gasteiger partial charge in [0, 0.05) is 0 Å². The van der Waals surface area contributed by atoms with Crippen LogP contribution in [0.25, 0.3) is 0 Å². The highest BCUT2D eigenvalue weighted by Crippen LogP contribution is 2.33. The third-order valence-electron chi connectivity index (χ3n) is 3.26. The molecule has 1 heterocycles. The Hall–Kier alpha value is -1.44. The lowest BCUT2D eigenvalue weighted by Gasteiger charge is -2.30. The average Bonchev–Trinajstić information content (AvgIpc) is 2.63. The molecular weight excluding hydrogens is 282 g/mol. The first-order valence-corrected chi connectivity index (χ1v) is 7.60. The molecule has 0 aliphatic carbocycles. The fraction of sp³-hybridized carbons (Fsp3) is 0.462.